The number of hydrogen-bond acceptors (Lipinski definition) is 4. The first-order valence-electron chi connectivity index (χ1n) is 12.8. The van der Waals surface area contributed by atoms with Gasteiger partial charge in [0.1, 0.15) is 12.6 Å². The Kier molecular flexibility index (Phi) is 9.80. The van der Waals surface area contributed by atoms with Gasteiger partial charge in [0.2, 0.25) is 11.8 Å². The Labute approximate surface area is 236 Å². The third-order valence-electron chi connectivity index (χ3n) is 6.11. The lowest BCUT2D eigenvalue weighted by atomic mass is 10.1. The van der Waals surface area contributed by atoms with Crippen molar-refractivity contribution < 1.29 is 18.0 Å². The van der Waals surface area contributed by atoms with Crippen LogP contribution >= 0.6 is 11.6 Å². The van der Waals surface area contributed by atoms with E-state index in [1.165, 1.54) is 17.0 Å². The first-order valence-corrected chi connectivity index (χ1v) is 14.6. The van der Waals surface area contributed by atoms with Crippen LogP contribution < -0.4 is 9.62 Å². The number of sulfonamides is 1. The highest BCUT2D eigenvalue weighted by Crippen LogP contribution is 2.26. The molecule has 0 aliphatic carbocycles. The molecule has 39 heavy (non-hydrogen) atoms. The summed E-state index contributed by atoms with van der Waals surface area (Å²) in [4.78, 5) is 28.9. The topological polar surface area (TPSA) is 86.8 Å². The molecule has 0 saturated heterocycles. The predicted molar refractivity (Wildman–Crippen MR) is 156 cm³/mol. The quantitative estimate of drug-likeness (QED) is 0.346. The predicted octanol–water partition coefficient (Wildman–Crippen LogP) is 5.57. The first-order chi connectivity index (χ1) is 18.3. The minimum Gasteiger partial charge on any atom is -0.350 e. The van der Waals surface area contributed by atoms with Crippen LogP contribution in [0.3, 0.4) is 0 Å². The lowest BCUT2D eigenvalue weighted by Gasteiger charge is -2.35. The Morgan fingerprint density at radius 2 is 1.51 bits per heavy atom. The van der Waals surface area contributed by atoms with Crippen LogP contribution in [-0.2, 0) is 26.2 Å². The lowest BCUT2D eigenvalue weighted by molar-refractivity contribution is -0.141. The third-order valence-corrected chi connectivity index (χ3v) is 8.27. The Morgan fingerprint density at radius 1 is 0.923 bits per heavy atom. The Balaban J connectivity index is 2.07. The maximum atomic E-state index is 14.1. The highest BCUT2D eigenvalue weighted by Gasteiger charge is 2.34. The van der Waals surface area contributed by atoms with Crippen LogP contribution in [0.15, 0.2) is 83.8 Å². The molecule has 0 bridgehead atoms. The number of anilines is 1. The van der Waals surface area contributed by atoms with E-state index in [9.17, 15) is 18.0 Å². The first kappa shape index (κ1) is 30.2. The number of carbonyl (C=O) groups excluding carboxylic acids is 2. The monoisotopic (exact) mass is 569 g/mol. The molecule has 0 aliphatic heterocycles. The zero-order chi connectivity index (χ0) is 28.8. The van der Waals surface area contributed by atoms with E-state index in [2.05, 4.69) is 5.32 Å². The van der Waals surface area contributed by atoms with Crippen molar-refractivity contribution >= 4 is 39.1 Å². The van der Waals surface area contributed by atoms with Gasteiger partial charge in [-0.15, -0.1) is 0 Å². The molecule has 1 atom stereocenters. The van der Waals surface area contributed by atoms with Gasteiger partial charge in [0.25, 0.3) is 10.0 Å². The van der Waals surface area contributed by atoms with Gasteiger partial charge in [-0.25, -0.2) is 8.42 Å². The van der Waals surface area contributed by atoms with Crippen molar-refractivity contribution in [1.29, 1.82) is 0 Å². The van der Waals surface area contributed by atoms with Crippen molar-refractivity contribution in [2.45, 2.75) is 64.1 Å². The zero-order valence-corrected chi connectivity index (χ0v) is 24.6. The summed E-state index contributed by atoms with van der Waals surface area (Å²) in [5.74, 6) is -0.843. The zero-order valence-electron chi connectivity index (χ0n) is 23.0. The highest BCUT2D eigenvalue weighted by molar-refractivity contribution is 7.92. The second-order valence-electron chi connectivity index (χ2n) is 10.4. The fraction of sp³-hybridized carbons (Fsp3) is 0.333. The van der Waals surface area contributed by atoms with Gasteiger partial charge in [-0.3, -0.25) is 13.9 Å². The Morgan fingerprint density at radius 3 is 2.08 bits per heavy atom. The molecule has 9 heteroatoms. The Bertz CT molecular complexity index is 1390. The molecular formula is C30H36ClN3O4S. The molecule has 3 rings (SSSR count). The number of rotatable bonds is 10. The average molecular weight is 570 g/mol. The third kappa shape index (κ3) is 7.83. The van der Waals surface area contributed by atoms with Gasteiger partial charge < -0.3 is 10.2 Å². The molecule has 1 N–H and O–H groups in total. The van der Waals surface area contributed by atoms with Crippen molar-refractivity contribution in [3.8, 4) is 0 Å². The molecule has 3 aromatic carbocycles. The van der Waals surface area contributed by atoms with Gasteiger partial charge in [0.05, 0.1) is 10.6 Å². The van der Waals surface area contributed by atoms with Gasteiger partial charge >= 0.3 is 0 Å². The summed E-state index contributed by atoms with van der Waals surface area (Å²) in [6.45, 7) is 8.86. The summed E-state index contributed by atoms with van der Waals surface area (Å²) >= 11 is 6.43. The van der Waals surface area contributed by atoms with Crippen molar-refractivity contribution in [2.24, 2.45) is 0 Å². The normalized spacial score (nSPS) is 12.5. The van der Waals surface area contributed by atoms with E-state index in [0.29, 0.717) is 22.7 Å². The summed E-state index contributed by atoms with van der Waals surface area (Å²) in [5, 5.41) is 3.41. The van der Waals surface area contributed by atoms with E-state index in [0.717, 1.165) is 9.87 Å². The summed E-state index contributed by atoms with van der Waals surface area (Å²) in [6, 6.07) is 21.2. The maximum Gasteiger partial charge on any atom is 0.264 e. The van der Waals surface area contributed by atoms with Gasteiger partial charge in [0, 0.05) is 17.1 Å². The minimum absolute atomic E-state index is 0.0434. The molecule has 0 aliphatic rings. The van der Waals surface area contributed by atoms with Crippen LogP contribution in [0.1, 0.15) is 45.2 Å². The number of nitrogens with zero attached hydrogens (tertiary/aromatic N) is 2. The fourth-order valence-corrected chi connectivity index (χ4v) is 5.77. The molecule has 0 heterocycles. The largest absolute Gasteiger partial charge is 0.350 e. The fourth-order valence-electron chi connectivity index (χ4n) is 4.14. The molecule has 0 saturated carbocycles. The smallest absolute Gasteiger partial charge is 0.264 e. The summed E-state index contributed by atoms with van der Waals surface area (Å²) in [5.41, 5.74) is 1.44. The molecular weight excluding hydrogens is 534 g/mol. The van der Waals surface area contributed by atoms with E-state index in [1.54, 1.807) is 66.7 Å². The molecule has 0 radical (unpaired) electrons. The Hall–Kier alpha value is -3.36. The molecule has 0 aromatic heterocycles. The van der Waals surface area contributed by atoms with Crippen LogP contribution in [0.5, 0.6) is 0 Å². The average Bonchev–Trinajstić information content (AvgIpc) is 2.88. The van der Waals surface area contributed by atoms with E-state index in [1.807, 2.05) is 34.6 Å². The van der Waals surface area contributed by atoms with Crippen molar-refractivity contribution in [1.82, 2.24) is 10.2 Å². The second kappa shape index (κ2) is 12.7. The summed E-state index contributed by atoms with van der Waals surface area (Å²) < 4.78 is 28.7. The SMILES string of the molecule is CC[C@H](C(=O)NC(C)(C)C)N(Cc1ccccc1Cl)C(=O)CN(c1ccc(C)cc1)S(=O)(=O)c1ccccc1. The molecule has 208 valence electrons. The molecule has 3 aromatic rings. The van der Waals surface area contributed by atoms with E-state index in [4.69, 9.17) is 11.6 Å². The van der Waals surface area contributed by atoms with Crippen LogP contribution in [0.25, 0.3) is 0 Å². The van der Waals surface area contributed by atoms with Crippen LogP contribution in [0.2, 0.25) is 5.02 Å². The summed E-state index contributed by atoms with van der Waals surface area (Å²) in [6.07, 6.45) is 0.327. The van der Waals surface area contributed by atoms with Crippen molar-refractivity contribution in [2.75, 3.05) is 10.8 Å². The van der Waals surface area contributed by atoms with Crippen LogP contribution in [-0.4, -0.2) is 43.3 Å². The number of carbonyl (C=O) groups is 2. The number of hydrogen-bond donors (Lipinski definition) is 1. The lowest BCUT2D eigenvalue weighted by Crippen LogP contribution is -2.55. The van der Waals surface area contributed by atoms with Crippen LogP contribution in [0.4, 0.5) is 5.69 Å². The highest BCUT2D eigenvalue weighted by atomic mass is 35.5. The molecule has 0 spiro atoms. The van der Waals surface area contributed by atoms with Crippen LogP contribution in [0, 0.1) is 6.92 Å². The van der Waals surface area contributed by atoms with Gasteiger partial charge in [-0.2, -0.15) is 0 Å². The van der Waals surface area contributed by atoms with E-state index >= 15 is 0 Å². The number of amides is 2. The van der Waals surface area contributed by atoms with Gasteiger partial charge in [-0.1, -0.05) is 72.6 Å². The molecule has 0 fully saturated rings. The maximum absolute atomic E-state index is 14.1. The standard InChI is InChI=1S/C30H36ClN3O4S/c1-6-27(29(36)32-30(3,4)5)33(20-23-12-10-11-15-26(23)31)28(35)21-34(24-18-16-22(2)17-19-24)39(37,38)25-13-8-7-9-14-25/h7-19,27H,6,20-21H2,1-5H3,(H,32,36)/t27-/m1/s1. The number of nitrogens with one attached hydrogen (secondary N) is 1. The minimum atomic E-state index is -4.10. The summed E-state index contributed by atoms with van der Waals surface area (Å²) in [7, 11) is -4.10. The van der Waals surface area contributed by atoms with E-state index < -0.39 is 34.1 Å². The molecule has 2 amide bonds. The number of halogens is 1. The molecule has 7 nitrogen and oxygen atoms in total. The number of aryl methyl sites for hydroxylation is 1. The van der Waals surface area contributed by atoms with Crippen molar-refractivity contribution in [3.05, 3.63) is 95.0 Å². The van der Waals surface area contributed by atoms with Gasteiger partial charge in [0.15, 0.2) is 0 Å². The van der Waals surface area contributed by atoms with Gasteiger partial charge in [-0.05, 0) is 70.0 Å². The van der Waals surface area contributed by atoms with E-state index in [-0.39, 0.29) is 17.3 Å². The number of benzene rings is 3. The van der Waals surface area contributed by atoms with Crippen molar-refractivity contribution in [3.63, 3.8) is 0 Å². The second-order valence-corrected chi connectivity index (χ2v) is 12.7. The molecule has 0 unspecified atom stereocenters.